The maximum absolute atomic E-state index is 12.2. The Kier molecular flexibility index (Phi) is 4.42. The molecule has 4 nitrogen and oxygen atoms in total. The first-order valence-electron chi connectivity index (χ1n) is 6.84. The van der Waals surface area contributed by atoms with E-state index < -0.39 is 5.41 Å². The molecule has 2 rings (SSSR count). The molecule has 0 saturated heterocycles. The highest BCUT2D eigenvalue weighted by molar-refractivity contribution is 5.81. The van der Waals surface area contributed by atoms with Crippen LogP contribution in [0.25, 0.3) is 0 Å². The van der Waals surface area contributed by atoms with Crippen molar-refractivity contribution < 1.29 is 19.1 Å². The molecule has 4 heteroatoms. The van der Waals surface area contributed by atoms with Gasteiger partial charge in [0.05, 0.1) is 26.1 Å². The van der Waals surface area contributed by atoms with Gasteiger partial charge in [-0.2, -0.15) is 0 Å². The lowest BCUT2D eigenvalue weighted by Crippen LogP contribution is -2.45. The molecule has 0 N–H and O–H groups in total. The van der Waals surface area contributed by atoms with Crippen LogP contribution >= 0.6 is 0 Å². The van der Waals surface area contributed by atoms with Crippen molar-refractivity contribution in [1.82, 2.24) is 0 Å². The number of methoxy groups -OCH3 is 2. The fraction of sp³-hybridized carbons (Fsp3) is 0.500. The van der Waals surface area contributed by atoms with Crippen LogP contribution in [0.5, 0.6) is 0 Å². The number of hydrogen-bond donors (Lipinski definition) is 0. The average Bonchev–Trinajstić information content (AvgIpc) is 2.45. The molecule has 0 bridgehead atoms. The fourth-order valence-corrected chi connectivity index (χ4v) is 3.02. The topological polar surface area (TPSA) is 52.6 Å². The zero-order chi connectivity index (χ0) is 14.6. The summed E-state index contributed by atoms with van der Waals surface area (Å²) in [4.78, 5) is 23.9. The van der Waals surface area contributed by atoms with E-state index >= 15 is 0 Å². The average molecular weight is 276 g/mol. The summed E-state index contributed by atoms with van der Waals surface area (Å²) in [5.74, 6) is -0.701. The molecule has 1 fully saturated rings. The van der Waals surface area contributed by atoms with E-state index in [1.165, 1.54) is 14.2 Å². The first-order chi connectivity index (χ1) is 9.64. The molecule has 1 aromatic carbocycles. The highest BCUT2D eigenvalue weighted by Gasteiger charge is 2.52. The summed E-state index contributed by atoms with van der Waals surface area (Å²) in [6, 6.07) is 9.67. The Balaban J connectivity index is 2.35. The summed E-state index contributed by atoms with van der Waals surface area (Å²) >= 11 is 0. The number of hydrogen-bond acceptors (Lipinski definition) is 4. The van der Waals surface area contributed by atoms with E-state index in [9.17, 15) is 9.59 Å². The van der Waals surface area contributed by atoms with E-state index in [0.29, 0.717) is 0 Å². The molecule has 1 atom stereocenters. The minimum atomic E-state index is -0.579. The molecule has 1 aliphatic carbocycles. The number of benzene rings is 1. The lowest BCUT2D eigenvalue weighted by Gasteiger charge is -2.45. The maximum atomic E-state index is 12.2. The number of carbonyl (C=O) groups excluding carboxylic acids is 2. The molecule has 1 aromatic rings. The van der Waals surface area contributed by atoms with Crippen molar-refractivity contribution in [3.63, 3.8) is 0 Å². The molecule has 0 unspecified atom stereocenters. The second-order valence-corrected chi connectivity index (χ2v) is 5.24. The van der Waals surface area contributed by atoms with Crippen LogP contribution in [0.1, 0.15) is 37.2 Å². The SMILES string of the molecule is COC(=O)C[C@@H](c1ccccc1)C1(C(=O)OC)CCC1. The van der Waals surface area contributed by atoms with Crippen molar-refractivity contribution in [2.24, 2.45) is 5.41 Å². The Labute approximate surface area is 119 Å². The minimum absolute atomic E-state index is 0.183. The van der Waals surface area contributed by atoms with Crippen molar-refractivity contribution in [2.45, 2.75) is 31.6 Å². The fourth-order valence-electron chi connectivity index (χ4n) is 3.02. The van der Waals surface area contributed by atoms with E-state index in [0.717, 1.165) is 24.8 Å². The van der Waals surface area contributed by atoms with Gasteiger partial charge in [-0.1, -0.05) is 36.8 Å². The number of ether oxygens (including phenoxy) is 2. The van der Waals surface area contributed by atoms with Crippen LogP contribution in [0, 0.1) is 5.41 Å². The van der Waals surface area contributed by atoms with Crippen LogP contribution in [0.15, 0.2) is 30.3 Å². The lowest BCUT2D eigenvalue weighted by molar-refractivity contribution is -0.162. The van der Waals surface area contributed by atoms with Gasteiger partial charge in [0.25, 0.3) is 0 Å². The first kappa shape index (κ1) is 14.6. The Hall–Kier alpha value is -1.84. The molecule has 108 valence electrons. The van der Waals surface area contributed by atoms with Gasteiger partial charge in [0.15, 0.2) is 0 Å². The van der Waals surface area contributed by atoms with E-state index in [2.05, 4.69) is 0 Å². The second kappa shape index (κ2) is 6.07. The summed E-state index contributed by atoms with van der Waals surface area (Å²) < 4.78 is 9.77. The van der Waals surface area contributed by atoms with Gasteiger partial charge in [0, 0.05) is 5.92 Å². The van der Waals surface area contributed by atoms with Crippen molar-refractivity contribution in [2.75, 3.05) is 14.2 Å². The van der Waals surface area contributed by atoms with E-state index in [1.54, 1.807) is 0 Å². The zero-order valence-corrected chi connectivity index (χ0v) is 11.9. The third-order valence-electron chi connectivity index (χ3n) is 4.31. The molecular weight excluding hydrogens is 256 g/mol. The quantitative estimate of drug-likeness (QED) is 0.776. The first-order valence-corrected chi connectivity index (χ1v) is 6.84. The van der Waals surface area contributed by atoms with Gasteiger partial charge in [-0.05, 0) is 18.4 Å². The van der Waals surface area contributed by atoms with Crippen LogP contribution in [-0.2, 0) is 19.1 Å². The Morgan fingerprint density at radius 3 is 2.25 bits per heavy atom. The van der Waals surface area contributed by atoms with Gasteiger partial charge in [-0.15, -0.1) is 0 Å². The second-order valence-electron chi connectivity index (χ2n) is 5.24. The molecular formula is C16H20O4. The minimum Gasteiger partial charge on any atom is -0.469 e. The Morgan fingerprint density at radius 2 is 1.80 bits per heavy atom. The highest BCUT2D eigenvalue weighted by Crippen LogP contribution is 2.53. The molecule has 1 aliphatic rings. The smallest absolute Gasteiger partial charge is 0.312 e. The monoisotopic (exact) mass is 276 g/mol. The predicted octanol–water partition coefficient (Wildman–Crippen LogP) is 2.68. The van der Waals surface area contributed by atoms with Crippen LogP contribution in [-0.4, -0.2) is 26.2 Å². The predicted molar refractivity (Wildman–Crippen MR) is 74.1 cm³/mol. The van der Waals surface area contributed by atoms with Gasteiger partial charge in [0.2, 0.25) is 0 Å². The zero-order valence-electron chi connectivity index (χ0n) is 11.9. The summed E-state index contributed by atoms with van der Waals surface area (Å²) in [6.07, 6.45) is 2.71. The maximum Gasteiger partial charge on any atom is 0.312 e. The largest absolute Gasteiger partial charge is 0.469 e. The number of rotatable bonds is 5. The van der Waals surface area contributed by atoms with Gasteiger partial charge in [0.1, 0.15) is 0 Å². The van der Waals surface area contributed by atoms with Crippen LogP contribution < -0.4 is 0 Å². The number of esters is 2. The normalized spacial score (nSPS) is 17.7. The molecule has 0 amide bonds. The van der Waals surface area contributed by atoms with E-state index in [-0.39, 0.29) is 24.3 Å². The van der Waals surface area contributed by atoms with Crippen molar-refractivity contribution in [1.29, 1.82) is 0 Å². The Bertz CT molecular complexity index is 477. The molecule has 20 heavy (non-hydrogen) atoms. The highest BCUT2D eigenvalue weighted by atomic mass is 16.5. The lowest BCUT2D eigenvalue weighted by atomic mass is 9.58. The molecule has 0 aliphatic heterocycles. The molecule has 0 radical (unpaired) electrons. The van der Waals surface area contributed by atoms with Crippen molar-refractivity contribution in [3.8, 4) is 0 Å². The van der Waals surface area contributed by atoms with Crippen LogP contribution in [0.3, 0.4) is 0 Å². The molecule has 1 saturated carbocycles. The van der Waals surface area contributed by atoms with Gasteiger partial charge >= 0.3 is 11.9 Å². The van der Waals surface area contributed by atoms with Crippen LogP contribution in [0.4, 0.5) is 0 Å². The van der Waals surface area contributed by atoms with Gasteiger partial charge in [-0.25, -0.2) is 0 Å². The van der Waals surface area contributed by atoms with E-state index in [4.69, 9.17) is 9.47 Å². The van der Waals surface area contributed by atoms with Gasteiger partial charge < -0.3 is 9.47 Å². The third kappa shape index (κ3) is 2.55. The molecule has 0 heterocycles. The number of carbonyl (C=O) groups is 2. The summed E-state index contributed by atoms with van der Waals surface area (Å²) in [6.45, 7) is 0. The summed E-state index contributed by atoms with van der Waals surface area (Å²) in [5.41, 5.74) is 0.410. The standard InChI is InChI=1S/C16H20O4/c1-19-14(17)11-13(12-7-4-3-5-8-12)16(9-6-10-16)15(18)20-2/h3-5,7-8,13H,6,9-11H2,1-2H3/t13-/m0/s1. The van der Waals surface area contributed by atoms with Crippen molar-refractivity contribution in [3.05, 3.63) is 35.9 Å². The molecule has 0 aromatic heterocycles. The van der Waals surface area contributed by atoms with Crippen LogP contribution in [0.2, 0.25) is 0 Å². The van der Waals surface area contributed by atoms with Gasteiger partial charge in [-0.3, -0.25) is 9.59 Å². The summed E-state index contributed by atoms with van der Waals surface area (Å²) in [5, 5.41) is 0. The summed E-state index contributed by atoms with van der Waals surface area (Å²) in [7, 11) is 2.78. The van der Waals surface area contributed by atoms with E-state index in [1.807, 2.05) is 30.3 Å². The third-order valence-corrected chi connectivity index (χ3v) is 4.31. The molecule has 0 spiro atoms. The van der Waals surface area contributed by atoms with Crippen molar-refractivity contribution >= 4 is 11.9 Å². The Morgan fingerprint density at radius 1 is 1.15 bits per heavy atom.